The fourth-order valence-electron chi connectivity index (χ4n) is 3.59. The normalized spacial score (nSPS) is 13.9. The van der Waals surface area contributed by atoms with E-state index in [1.54, 1.807) is 16.2 Å². The molecule has 0 saturated heterocycles. The summed E-state index contributed by atoms with van der Waals surface area (Å²) in [7, 11) is 0. The highest BCUT2D eigenvalue weighted by molar-refractivity contribution is 7.15. The second-order valence-electron chi connectivity index (χ2n) is 8.38. The number of carbonyl (C=O) groups is 1. The molecule has 0 N–H and O–H groups in total. The van der Waals surface area contributed by atoms with Crippen molar-refractivity contribution in [3.63, 3.8) is 0 Å². The summed E-state index contributed by atoms with van der Waals surface area (Å²) < 4.78 is 5.53. The molecule has 150 valence electrons. The van der Waals surface area contributed by atoms with Crippen LogP contribution in [0.1, 0.15) is 36.9 Å². The zero-order valence-electron chi connectivity index (χ0n) is 17.4. The van der Waals surface area contributed by atoms with Crippen molar-refractivity contribution >= 4 is 17.4 Å². The van der Waals surface area contributed by atoms with Crippen LogP contribution in [-0.2, 0) is 17.7 Å². The Balaban J connectivity index is 1.61. The summed E-state index contributed by atoms with van der Waals surface area (Å²) in [5, 5.41) is 1.02. The lowest BCUT2D eigenvalue weighted by Crippen LogP contribution is -2.39. The smallest absolute Gasteiger partial charge is 0.410 e. The Morgan fingerprint density at radius 2 is 1.79 bits per heavy atom. The molecule has 1 amide bonds. The summed E-state index contributed by atoms with van der Waals surface area (Å²) >= 11 is 1.74. The molecule has 0 bridgehead atoms. The number of fused-ring (bicyclic) bond motifs is 1. The number of carbonyl (C=O) groups excluding carboxylic acids is 1. The van der Waals surface area contributed by atoms with Crippen LogP contribution in [0.15, 0.2) is 48.5 Å². The van der Waals surface area contributed by atoms with Crippen molar-refractivity contribution in [3.8, 4) is 21.7 Å². The molecule has 5 heteroatoms. The van der Waals surface area contributed by atoms with Crippen LogP contribution in [0.4, 0.5) is 4.79 Å². The zero-order chi connectivity index (χ0) is 20.6. The number of hydrogen-bond donors (Lipinski definition) is 0. The van der Waals surface area contributed by atoms with E-state index in [0.717, 1.165) is 22.7 Å². The first-order valence-electron chi connectivity index (χ1n) is 9.94. The Hall–Kier alpha value is -2.66. The van der Waals surface area contributed by atoms with Crippen LogP contribution in [0, 0.1) is 6.92 Å². The topological polar surface area (TPSA) is 42.4 Å². The molecular weight excluding hydrogens is 380 g/mol. The number of aromatic nitrogens is 1. The van der Waals surface area contributed by atoms with Gasteiger partial charge in [-0.15, -0.1) is 11.3 Å². The molecule has 1 aromatic heterocycles. The quantitative estimate of drug-likeness (QED) is 0.518. The van der Waals surface area contributed by atoms with Gasteiger partial charge in [-0.1, -0.05) is 48.5 Å². The van der Waals surface area contributed by atoms with Gasteiger partial charge in [0, 0.05) is 23.4 Å². The van der Waals surface area contributed by atoms with Gasteiger partial charge in [-0.05, 0) is 44.4 Å². The third-order valence-electron chi connectivity index (χ3n) is 5.03. The van der Waals surface area contributed by atoms with Crippen LogP contribution < -0.4 is 0 Å². The van der Waals surface area contributed by atoms with Crippen molar-refractivity contribution in [3.05, 3.63) is 64.7 Å². The van der Waals surface area contributed by atoms with E-state index in [-0.39, 0.29) is 6.09 Å². The first-order valence-corrected chi connectivity index (χ1v) is 10.8. The first-order chi connectivity index (χ1) is 13.8. The second-order valence-corrected chi connectivity index (χ2v) is 9.47. The Labute approximate surface area is 176 Å². The maximum atomic E-state index is 12.4. The summed E-state index contributed by atoms with van der Waals surface area (Å²) in [5.74, 6) is 0. The molecule has 2 aromatic carbocycles. The van der Waals surface area contributed by atoms with Crippen molar-refractivity contribution in [1.29, 1.82) is 0 Å². The molecule has 29 heavy (non-hydrogen) atoms. The van der Waals surface area contributed by atoms with Crippen molar-refractivity contribution in [2.75, 3.05) is 6.54 Å². The number of rotatable bonds is 2. The fourth-order valence-corrected chi connectivity index (χ4v) is 4.74. The molecular formula is C24H26N2O2S. The van der Waals surface area contributed by atoms with Crippen LogP contribution in [0.25, 0.3) is 21.7 Å². The van der Waals surface area contributed by atoms with Gasteiger partial charge < -0.3 is 9.64 Å². The molecule has 0 unspecified atom stereocenters. The summed E-state index contributed by atoms with van der Waals surface area (Å²) in [5.41, 5.74) is 5.34. The average Bonchev–Trinajstić information content (AvgIpc) is 3.10. The fraction of sp³-hybridized carbons (Fsp3) is 0.333. The Kier molecular flexibility index (Phi) is 5.17. The predicted octanol–water partition coefficient (Wildman–Crippen LogP) is 6.08. The number of thiazole rings is 1. The minimum absolute atomic E-state index is 0.264. The lowest BCUT2D eigenvalue weighted by atomic mass is 9.97. The number of ether oxygens (including phenoxy) is 1. The third-order valence-corrected chi connectivity index (χ3v) is 6.22. The number of hydrogen-bond acceptors (Lipinski definition) is 4. The molecule has 4 rings (SSSR count). The lowest BCUT2D eigenvalue weighted by Gasteiger charge is -2.29. The van der Waals surface area contributed by atoms with Gasteiger partial charge in [0.05, 0.1) is 12.2 Å². The minimum atomic E-state index is -0.487. The summed E-state index contributed by atoms with van der Waals surface area (Å²) in [6, 6.07) is 16.8. The molecule has 4 nitrogen and oxygen atoms in total. The van der Waals surface area contributed by atoms with E-state index in [0.29, 0.717) is 13.1 Å². The zero-order valence-corrected chi connectivity index (χ0v) is 18.2. The molecule has 1 aliphatic heterocycles. The lowest BCUT2D eigenvalue weighted by molar-refractivity contribution is 0.0222. The first kappa shape index (κ1) is 19.6. The third kappa shape index (κ3) is 4.20. The Morgan fingerprint density at radius 3 is 2.52 bits per heavy atom. The van der Waals surface area contributed by atoms with E-state index in [1.807, 2.05) is 26.8 Å². The molecule has 0 radical (unpaired) electrons. The van der Waals surface area contributed by atoms with Crippen LogP contribution in [0.5, 0.6) is 0 Å². The Morgan fingerprint density at radius 1 is 1.07 bits per heavy atom. The standard InChI is InChI=1S/C24H26N2O2S/c1-16-18(17-9-6-5-7-10-17)11-8-12-19(16)22-25-20-15-26(14-13-21(20)29-22)23(27)28-24(2,3)4/h5-12H,13-15H2,1-4H3. The van der Waals surface area contributed by atoms with E-state index in [4.69, 9.17) is 9.72 Å². The van der Waals surface area contributed by atoms with E-state index in [1.165, 1.54) is 21.6 Å². The monoisotopic (exact) mass is 406 g/mol. The maximum Gasteiger partial charge on any atom is 0.410 e. The maximum absolute atomic E-state index is 12.4. The van der Waals surface area contributed by atoms with E-state index in [9.17, 15) is 4.79 Å². The van der Waals surface area contributed by atoms with E-state index < -0.39 is 5.60 Å². The van der Waals surface area contributed by atoms with Gasteiger partial charge in [0.2, 0.25) is 0 Å². The van der Waals surface area contributed by atoms with Crippen LogP contribution in [0.3, 0.4) is 0 Å². The van der Waals surface area contributed by atoms with Crippen molar-refractivity contribution in [1.82, 2.24) is 9.88 Å². The number of nitrogens with zero attached hydrogens (tertiary/aromatic N) is 2. The molecule has 0 saturated carbocycles. The van der Waals surface area contributed by atoms with E-state index in [2.05, 4.69) is 49.4 Å². The minimum Gasteiger partial charge on any atom is -0.444 e. The molecule has 0 spiro atoms. The van der Waals surface area contributed by atoms with Crippen LogP contribution >= 0.6 is 11.3 Å². The SMILES string of the molecule is Cc1c(-c2ccccc2)cccc1-c1nc2c(s1)CCN(C(=O)OC(C)(C)C)C2. The van der Waals surface area contributed by atoms with Gasteiger partial charge in [0.1, 0.15) is 10.6 Å². The average molecular weight is 407 g/mol. The van der Waals surface area contributed by atoms with Gasteiger partial charge >= 0.3 is 6.09 Å². The van der Waals surface area contributed by atoms with Gasteiger partial charge in [-0.2, -0.15) is 0 Å². The number of benzene rings is 2. The van der Waals surface area contributed by atoms with Crippen molar-refractivity contribution in [2.24, 2.45) is 0 Å². The number of amides is 1. The molecule has 3 aromatic rings. The molecule has 0 atom stereocenters. The highest BCUT2D eigenvalue weighted by Crippen LogP contribution is 2.36. The highest BCUT2D eigenvalue weighted by Gasteiger charge is 2.28. The van der Waals surface area contributed by atoms with Crippen LogP contribution in [-0.4, -0.2) is 28.1 Å². The largest absolute Gasteiger partial charge is 0.444 e. The molecule has 1 aliphatic rings. The molecule has 2 heterocycles. The highest BCUT2D eigenvalue weighted by atomic mass is 32.1. The van der Waals surface area contributed by atoms with Gasteiger partial charge in [0.15, 0.2) is 0 Å². The van der Waals surface area contributed by atoms with Crippen LogP contribution in [0.2, 0.25) is 0 Å². The summed E-state index contributed by atoms with van der Waals surface area (Å²) in [6.45, 7) is 9.02. The molecule has 0 fully saturated rings. The predicted molar refractivity (Wildman–Crippen MR) is 118 cm³/mol. The molecule has 0 aliphatic carbocycles. The summed E-state index contributed by atoms with van der Waals surface area (Å²) in [4.78, 5) is 20.4. The van der Waals surface area contributed by atoms with Gasteiger partial charge in [-0.3, -0.25) is 0 Å². The van der Waals surface area contributed by atoms with Crippen molar-refractivity contribution < 1.29 is 9.53 Å². The van der Waals surface area contributed by atoms with Gasteiger partial charge in [0.25, 0.3) is 0 Å². The van der Waals surface area contributed by atoms with E-state index >= 15 is 0 Å². The summed E-state index contributed by atoms with van der Waals surface area (Å²) in [6.07, 6.45) is 0.559. The second kappa shape index (κ2) is 7.64. The van der Waals surface area contributed by atoms with Gasteiger partial charge in [-0.25, -0.2) is 9.78 Å². The Bertz CT molecular complexity index is 1030. The van der Waals surface area contributed by atoms with Crippen molar-refractivity contribution in [2.45, 2.75) is 46.3 Å².